The summed E-state index contributed by atoms with van der Waals surface area (Å²) in [5, 5.41) is 3.45. The molecule has 1 N–H and O–H groups in total. The van der Waals surface area contributed by atoms with Crippen molar-refractivity contribution >= 4 is 8.07 Å². The van der Waals surface area contributed by atoms with E-state index >= 15 is 0 Å². The minimum atomic E-state index is -1.12. The molecule has 2 heteroatoms. The highest BCUT2D eigenvalue weighted by molar-refractivity contribution is 6.83. The van der Waals surface area contributed by atoms with Crippen molar-refractivity contribution < 1.29 is 0 Å². The SMILES string of the molecule is C[Si](C)(C)C#CCCC1CCCNC1. The van der Waals surface area contributed by atoms with Crippen LogP contribution in [0.3, 0.4) is 0 Å². The summed E-state index contributed by atoms with van der Waals surface area (Å²) >= 11 is 0. The van der Waals surface area contributed by atoms with E-state index in [-0.39, 0.29) is 0 Å². The van der Waals surface area contributed by atoms with Crippen LogP contribution in [0, 0.1) is 17.4 Å². The van der Waals surface area contributed by atoms with Gasteiger partial charge in [-0.2, -0.15) is 0 Å². The van der Waals surface area contributed by atoms with Gasteiger partial charge in [0, 0.05) is 6.42 Å². The number of nitrogens with one attached hydrogen (secondary N) is 1. The lowest BCUT2D eigenvalue weighted by atomic mass is 9.95. The Balaban J connectivity index is 2.16. The summed E-state index contributed by atoms with van der Waals surface area (Å²) in [6, 6.07) is 0. The summed E-state index contributed by atoms with van der Waals surface area (Å²) in [5.74, 6) is 4.25. The molecule has 0 aromatic heterocycles. The summed E-state index contributed by atoms with van der Waals surface area (Å²) in [4.78, 5) is 0. The molecule has 0 spiro atoms. The largest absolute Gasteiger partial charge is 0.316 e. The maximum absolute atomic E-state index is 3.45. The molecule has 1 rings (SSSR count). The highest BCUT2D eigenvalue weighted by Gasteiger charge is 2.11. The van der Waals surface area contributed by atoms with Crippen LogP contribution in [0.1, 0.15) is 25.7 Å². The van der Waals surface area contributed by atoms with Gasteiger partial charge in [-0.3, -0.25) is 0 Å². The second kappa shape index (κ2) is 5.58. The van der Waals surface area contributed by atoms with Crippen LogP contribution in [0.25, 0.3) is 0 Å². The van der Waals surface area contributed by atoms with E-state index in [0.29, 0.717) is 0 Å². The van der Waals surface area contributed by atoms with Crippen molar-refractivity contribution in [3.63, 3.8) is 0 Å². The molecule has 1 heterocycles. The van der Waals surface area contributed by atoms with E-state index in [9.17, 15) is 0 Å². The van der Waals surface area contributed by atoms with Gasteiger partial charge in [0.1, 0.15) is 8.07 Å². The minimum Gasteiger partial charge on any atom is -0.316 e. The van der Waals surface area contributed by atoms with Gasteiger partial charge in [-0.15, -0.1) is 11.5 Å². The molecule has 80 valence electrons. The topological polar surface area (TPSA) is 12.0 Å². The second-order valence-corrected chi connectivity index (χ2v) is 10.1. The Kier molecular flexibility index (Phi) is 4.70. The Labute approximate surface area is 89.7 Å². The standard InChI is InChI=1S/C12H23NSi/c1-14(2,3)10-5-4-7-12-8-6-9-13-11-12/h12-13H,4,6-9,11H2,1-3H3. The summed E-state index contributed by atoms with van der Waals surface area (Å²) in [7, 11) is -1.12. The van der Waals surface area contributed by atoms with Crippen molar-refractivity contribution in [2.75, 3.05) is 13.1 Å². The molecule has 1 saturated heterocycles. The molecule has 0 aliphatic carbocycles. The quantitative estimate of drug-likeness (QED) is 0.544. The molecule has 0 radical (unpaired) electrons. The van der Waals surface area contributed by atoms with E-state index in [1.54, 1.807) is 0 Å². The van der Waals surface area contributed by atoms with Gasteiger partial charge >= 0.3 is 0 Å². The summed E-state index contributed by atoms with van der Waals surface area (Å²) in [6.07, 6.45) is 5.16. The number of hydrogen-bond acceptors (Lipinski definition) is 1. The average Bonchev–Trinajstić information content (AvgIpc) is 2.13. The van der Waals surface area contributed by atoms with Crippen LogP contribution in [0.5, 0.6) is 0 Å². The third-order valence-corrected chi connectivity index (χ3v) is 3.47. The fourth-order valence-electron chi connectivity index (χ4n) is 1.77. The van der Waals surface area contributed by atoms with E-state index in [0.717, 1.165) is 12.3 Å². The Bertz CT molecular complexity index is 213. The fraction of sp³-hybridized carbons (Fsp3) is 0.833. The van der Waals surface area contributed by atoms with Crippen LogP contribution < -0.4 is 5.32 Å². The molecule has 0 saturated carbocycles. The zero-order valence-electron chi connectivity index (χ0n) is 9.82. The van der Waals surface area contributed by atoms with Gasteiger partial charge in [0.25, 0.3) is 0 Å². The third-order valence-electron chi connectivity index (χ3n) is 2.54. The van der Waals surface area contributed by atoms with Crippen molar-refractivity contribution in [1.82, 2.24) is 5.32 Å². The lowest BCUT2D eigenvalue weighted by Gasteiger charge is -2.21. The lowest BCUT2D eigenvalue weighted by molar-refractivity contribution is 0.361. The maximum atomic E-state index is 3.45. The van der Waals surface area contributed by atoms with E-state index in [4.69, 9.17) is 0 Å². The first-order valence-electron chi connectivity index (χ1n) is 5.79. The Morgan fingerprint density at radius 1 is 1.36 bits per heavy atom. The van der Waals surface area contributed by atoms with Crippen molar-refractivity contribution in [3.8, 4) is 11.5 Å². The average molecular weight is 209 g/mol. The number of rotatable bonds is 2. The van der Waals surface area contributed by atoms with Crippen molar-refractivity contribution in [1.29, 1.82) is 0 Å². The van der Waals surface area contributed by atoms with Crippen LogP contribution in [0.15, 0.2) is 0 Å². The molecule has 0 aromatic carbocycles. The molecule has 0 amide bonds. The first-order chi connectivity index (χ1) is 6.58. The Hall–Kier alpha value is -0.263. The fourth-order valence-corrected chi connectivity index (χ4v) is 2.43. The molecule has 14 heavy (non-hydrogen) atoms. The van der Waals surface area contributed by atoms with Gasteiger partial charge in [-0.25, -0.2) is 0 Å². The van der Waals surface area contributed by atoms with E-state index in [1.165, 1.54) is 32.4 Å². The van der Waals surface area contributed by atoms with Crippen molar-refractivity contribution in [2.45, 2.75) is 45.3 Å². The first kappa shape index (κ1) is 11.8. The van der Waals surface area contributed by atoms with Crippen LogP contribution in [0.4, 0.5) is 0 Å². The summed E-state index contributed by atoms with van der Waals surface area (Å²) in [5.41, 5.74) is 3.43. The first-order valence-corrected chi connectivity index (χ1v) is 9.29. The normalized spacial score (nSPS) is 22.6. The molecule has 1 nitrogen and oxygen atoms in total. The highest BCUT2D eigenvalue weighted by Crippen LogP contribution is 2.15. The minimum absolute atomic E-state index is 0.889. The van der Waals surface area contributed by atoms with E-state index in [1.807, 2.05) is 0 Å². The summed E-state index contributed by atoms with van der Waals surface area (Å²) in [6.45, 7) is 9.36. The zero-order chi connectivity index (χ0) is 10.4. The van der Waals surface area contributed by atoms with Gasteiger partial charge in [-0.05, 0) is 38.3 Å². The zero-order valence-corrected chi connectivity index (χ0v) is 10.8. The van der Waals surface area contributed by atoms with Gasteiger partial charge in [-0.1, -0.05) is 19.6 Å². The Morgan fingerprint density at radius 2 is 2.14 bits per heavy atom. The van der Waals surface area contributed by atoms with Crippen molar-refractivity contribution in [3.05, 3.63) is 0 Å². The van der Waals surface area contributed by atoms with Gasteiger partial charge in [0.15, 0.2) is 0 Å². The second-order valence-electron chi connectivity index (χ2n) is 5.30. The monoisotopic (exact) mass is 209 g/mol. The molecule has 0 bridgehead atoms. The van der Waals surface area contributed by atoms with Crippen LogP contribution in [-0.2, 0) is 0 Å². The number of piperidine rings is 1. The van der Waals surface area contributed by atoms with Gasteiger partial charge in [0.2, 0.25) is 0 Å². The predicted octanol–water partition coefficient (Wildman–Crippen LogP) is 2.65. The predicted molar refractivity (Wildman–Crippen MR) is 65.9 cm³/mol. The van der Waals surface area contributed by atoms with Gasteiger partial charge in [0.05, 0.1) is 0 Å². The molecule has 1 aliphatic rings. The maximum Gasteiger partial charge on any atom is 0.129 e. The molecule has 1 aliphatic heterocycles. The Morgan fingerprint density at radius 3 is 2.71 bits per heavy atom. The molecular weight excluding hydrogens is 186 g/mol. The molecule has 1 atom stereocenters. The van der Waals surface area contributed by atoms with E-state index in [2.05, 4.69) is 36.4 Å². The smallest absolute Gasteiger partial charge is 0.129 e. The third kappa shape index (κ3) is 5.46. The van der Waals surface area contributed by atoms with E-state index < -0.39 is 8.07 Å². The lowest BCUT2D eigenvalue weighted by Crippen LogP contribution is -2.29. The molecule has 0 aromatic rings. The summed E-state index contributed by atoms with van der Waals surface area (Å²) < 4.78 is 0. The van der Waals surface area contributed by atoms with Crippen LogP contribution in [-0.4, -0.2) is 21.2 Å². The molecule has 1 unspecified atom stereocenters. The molecule has 1 fully saturated rings. The van der Waals surface area contributed by atoms with Crippen molar-refractivity contribution in [2.24, 2.45) is 5.92 Å². The van der Waals surface area contributed by atoms with Gasteiger partial charge < -0.3 is 5.32 Å². The number of hydrogen-bond donors (Lipinski definition) is 1. The van der Waals surface area contributed by atoms with Crippen LogP contribution in [0.2, 0.25) is 19.6 Å². The molecular formula is C12H23NSi. The van der Waals surface area contributed by atoms with Crippen LogP contribution >= 0.6 is 0 Å². The highest BCUT2D eigenvalue weighted by atomic mass is 28.3.